The van der Waals surface area contributed by atoms with Crippen LogP contribution in [0, 0.1) is 5.92 Å². The van der Waals surface area contributed by atoms with Crippen molar-refractivity contribution in [3.05, 3.63) is 39.6 Å². The summed E-state index contributed by atoms with van der Waals surface area (Å²) >= 11 is 13.8. The van der Waals surface area contributed by atoms with Crippen LogP contribution in [0.3, 0.4) is 0 Å². The molecule has 7 nitrogen and oxygen atoms in total. The zero-order chi connectivity index (χ0) is 27.9. The van der Waals surface area contributed by atoms with E-state index < -0.39 is 0 Å². The van der Waals surface area contributed by atoms with Gasteiger partial charge in [0.2, 0.25) is 5.91 Å². The minimum absolute atomic E-state index is 0.0575. The second kappa shape index (κ2) is 14.2. The second-order valence-electron chi connectivity index (χ2n) is 11.1. The van der Waals surface area contributed by atoms with Crippen molar-refractivity contribution in [1.29, 1.82) is 0 Å². The highest BCUT2D eigenvalue weighted by atomic mass is 35.5. The molecule has 2 fully saturated rings. The van der Waals surface area contributed by atoms with Gasteiger partial charge in [0, 0.05) is 23.7 Å². The highest BCUT2D eigenvalue weighted by Crippen LogP contribution is 2.32. The summed E-state index contributed by atoms with van der Waals surface area (Å²) in [4.78, 5) is 29.1. The van der Waals surface area contributed by atoms with Gasteiger partial charge < -0.3 is 14.8 Å². The Balaban J connectivity index is 1.48. The van der Waals surface area contributed by atoms with Gasteiger partial charge in [-0.25, -0.2) is 0 Å². The summed E-state index contributed by atoms with van der Waals surface area (Å²) in [6.07, 6.45) is 11.9. The van der Waals surface area contributed by atoms with Crippen molar-refractivity contribution in [1.82, 2.24) is 25.0 Å². The molecule has 0 radical (unpaired) electrons. The first-order valence-electron chi connectivity index (χ1n) is 14.4. The third kappa shape index (κ3) is 7.50. The summed E-state index contributed by atoms with van der Waals surface area (Å²) in [5.41, 5.74) is 0.361. The molecule has 10 heteroatoms. The monoisotopic (exact) mass is 593 g/mol. The molecule has 1 aromatic carbocycles. The number of amides is 2. The number of hydrogen-bond acceptors (Lipinski definition) is 5. The summed E-state index contributed by atoms with van der Waals surface area (Å²) < 4.78 is 2.01. The van der Waals surface area contributed by atoms with E-state index >= 15 is 0 Å². The predicted octanol–water partition coefficient (Wildman–Crippen LogP) is 7.32. The van der Waals surface area contributed by atoms with Gasteiger partial charge in [-0.1, -0.05) is 87.3 Å². The van der Waals surface area contributed by atoms with Crippen LogP contribution in [0.5, 0.6) is 0 Å². The Bertz CT molecular complexity index is 1110. The maximum atomic E-state index is 13.7. The van der Waals surface area contributed by atoms with Gasteiger partial charge in [-0.05, 0) is 56.7 Å². The second-order valence-corrected chi connectivity index (χ2v) is 12.9. The quantitative estimate of drug-likeness (QED) is 0.292. The molecule has 0 bridgehead atoms. The molecule has 2 amide bonds. The average molecular weight is 595 g/mol. The standard InChI is InChI=1S/C29H41Cl2N5O2S/c1-4-35-27(26(19(2)3)32-28(38)23-16-15-20(30)17-24(23)31)33-34-29(35)39-18-25(37)36(21-11-7-5-8-12-21)22-13-9-6-10-14-22/h15-17,19,21-22,26H,4-14,18H2,1-3H3,(H,32,38)/t26-/m1/s1. The first kappa shape index (κ1) is 30.2. The molecule has 2 aromatic rings. The topological polar surface area (TPSA) is 80.1 Å². The molecule has 39 heavy (non-hydrogen) atoms. The number of aromatic nitrogens is 3. The minimum atomic E-state index is -0.372. The SMILES string of the molecule is CCn1c(SCC(=O)N(C2CCCCC2)C2CCCCC2)nnc1[C@H](NC(=O)c1ccc(Cl)cc1Cl)C(C)C. The summed E-state index contributed by atoms with van der Waals surface area (Å²) in [6.45, 7) is 6.73. The van der Waals surface area contributed by atoms with E-state index in [1.807, 2.05) is 25.3 Å². The van der Waals surface area contributed by atoms with Crippen LogP contribution in [-0.2, 0) is 11.3 Å². The van der Waals surface area contributed by atoms with E-state index in [2.05, 4.69) is 20.4 Å². The molecule has 0 spiro atoms. The van der Waals surface area contributed by atoms with E-state index in [0.29, 0.717) is 51.0 Å². The van der Waals surface area contributed by atoms with Gasteiger partial charge in [-0.15, -0.1) is 10.2 Å². The molecule has 0 aliphatic heterocycles. The van der Waals surface area contributed by atoms with Gasteiger partial charge in [0.1, 0.15) is 0 Å². The fourth-order valence-corrected chi connectivity index (χ4v) is 7.35. The summed E-state index contributed by atoms with van der Waals surface area (Å²) in [5, 5.41) is 13.5. The predicted molar refractivity (Wildman–Crippen MR) is 159 cm³/mol. The third-order valence-corrected chi connectivity index (χ3v) is 9.52. The van der Waals surface area contributed by atoms with Crippen LogP contribution in [0.25, 0.3) is 0 Å². The number of halogens is 2. The number of benzene rings is 1. The molecule has 1 N–H and O–H groups in total. The normalized spacial score (nSPS) is 17.8. The number of hydrogen-bond donors (Lipinski definition) is 1. The van der Waals surface area contributed by atoms with Crippen molar-refractivity contribution in [2.24, 2.45) is 5.92 Å². The summed E-state index contributed by atoms with van der Waals surface area (Å²) in [5.74, 6) is 1.02. The molecule has 4 rings (SSSR count). The summed E-state index contributed by atoms with van der Waals surface area (Å²) in [6, 6.07) is 5.20. The van der Waals surface area contributed by atoms with Crippen LogP contribution >= 0.6 is 35.0 Å². The van der Waals surface area contributed by atoms with Crippen LogP contribution in [0.4, 0.5) is 0 Å². The van der Waals surface area contributed by atoms with Gasteiger partial charge in [-0.3, -0.25) is 9.59 Å². The number of nitrogens with one attached hydrogen (secondary N) is 1. The van der Waals surface area contributed by atoms with E-state index in [9.17, 15) is 9.59 Å². The molecular weight excluding hydrogens is 553 g/mol. The van der Waals surface area contributed by atoms with E-state index in [-0.39, 0.29) is 23.8 Å². The fourth-order valence-electron chi connectivity index (χ4n) is 5.98. The Labute approximate surface area is 246 Å². The first-order valence-corrected chi connectivity index (χ1v) is 16.2. The molecule has 1 heterocycles. The Morgan fingerprint density at radius 3 is 2.18 bits per heavy atom. The van der Waals surface area contributed by atoms with Crippen LogP contribution in [0.2, 0.25) is 10.0 Å². The third-order valence-electron chi connectivity index (χ3n) is 8.02. The lowest BCUT2D eigenvalue weighted by Gasteiger charge is -2.41. The maximum absolute atomic E-state index is 13.7. The van der Waals surface area contributed by atoms with Crippen LogP contribution in [-0.4, -0.2) is 49.3 Å². The average Bonchev–Trinajstić information content (AvgIpc) is 3.34. The molecule has 2 aliphatic carbocycles. The van der Waals surface area contributed by atoms with Crippen LogP contribution in [0.1, 0.15) is 107 Å². The zero-order valence-electron chi connectivity index (χ0n) is 23.3. The summed E-state index contributed by atoms with van der Waals surface area (Å²) in [7, 11) is 0. The molecule has 0 unspecified atom stereocenters. The largest absolute Gasteiger partial charge is 0.342 e. The van der Waals surface area contributed by atoms with Crippen molar-refractivity contribution < 1.29 is 9.59 Å². The molecule has 214 valence electrons. The van der Waals surface area contributed by atoms with Gasteiger partial charge in [0.25, 0.3) is 5.91 Å². The Kier molecular flexibility index (Phi) is 11.0. The van der Waals surface area contributed by atoms with E-state index in [1.54, 1.807) is 18.2 Å². The number of carbonyl (C=O) groups excluding carboxylic acids is 2. The number of carbonyl (C=O) groups is 2. The van der Waals surface area contributed by atoms with Crippen LogP contribution in [0.15, 0.2) is 23.4 Å². The lowest BCUT2D eigenvalue weighted by Crippen LogP contribution is -2.49. The molecule has 1 atom stereocenters. The number of nitrogens with zero attached hydrogens (tertiary/aromatic N) is 4. The minimum Gasteiger partial charge on any atom is -0.342 e. The van der Waals surface area contributed by atoms with E-state index in [4.69, 9.17) is 23.2 Å². The zero-order valence-corrected chi connectivity index (χ0v) is 25.6. The smallest absolute Gasteiger partial charge is 0.253 e. The van der Waals surface area contributed by atoms with Crippen molar-refractivity contribution in [2.45, 2.75) is 115 Å². The number of rotatable bonds is 10. The highest BCUT2D eigenvalue weighted by Gasteiger charge is 2.33. The Morgan fingerprint density at radius 1 is 1.03 bits per heavy atom. The molecule has 2 aliphatic rings. The van der Waals surface area contributed by atoms with E-state index in [1.165, 1.54) is 50.3 Å². The van der Waals surface area contributed by atoms with Crippen LogP contribution < -0.4 is 5.32 Å². The Morgan fingerprint density at radius 2 is 1.64 bits per heavy atom. The van der Waals surface area contributed by atoms with Gasteiger partial charge >= 0.3 is 0 Å². The molecule has 2 saturated carbocycles. The van der Waals surface area contributed by atoms with Gasteiger partial charge in [-0.2, -0.15) is 0 Å². The van der Waals surface area contributed by atoms with E-state index in [0.717, 1.165) is 25.7 Å². The first-order chi connectivity index (χ1) is 18.8. The van der Waals surface area contributed by atoms with Crippen molar-refractivity contribution in [2.75, 3.05) is 5.75 Å². The molecule has 0 saturated heterocycles. The van der Waals surface area contributed by atoms with Gasteiger partial charge in [0.05, 0.1) is 22.4 Å². The highest BCUT2D eigenvalue weighted by molar-refractivity contribution is 7.99. The van der Waals surface area contributed by atoms with Gasteiger partial charge in [0.15, 0.2) is 11.0 Å². The van der Waals surface area contributed by atoms with Crippen molar-refractivity contribution in [3.8, 4) is 0 Å². The Hall–Kier alpha value is -1.77. The van der Waals surface area contributed by atoms with Crippen molar-refractivity contribution in [3.63, 3.8) is 0 Å². The lowest BCUT2D eigenvalue weighted by molar-refractivity contribution is -0.135. The van der Waals surface area contributed by atoms with Crippen molar-refractivity contribution >= 4 is 46.8 Å². The fraction of sp³-hybridized carbons (Fsp3) is 0.655. The lowest BCUT2D eigenvalue weighted by atomic mass is 9.88. The number of thioether (sulfide) groups is 1. The maximum Gasteiger partial charge on any atom is 0.253 e. The molecule has 1 aromatic heterocycles. The molecular formula is C29H41Cl2N5O2S.